The highest BCUT2D eigenvalue weighted by atomic mass is 16.5. The van der Waals surface area contributed by atoms with E-state index in [0.29, 0.717) is 24.3 Å². The Bertz CT molecular complexity index is 745. The van der Waals surface area contributed by atoms with E-state index in [2.05, 4.69) is 5.32 Å². The van der Waals surface area contributed by atoms with Crippen molar-refractivity contribution >= 4 is 11.6 Å². The Labute approximate surface area is 141 Å². The highest BCUT2D eigenvalue weighted by Gasteiger charge is 2.35. The summed E-state index contributed by atoms with van der Waals surface area (Å²) in [5.41, 5.74) is 1.14. The molecule has 5 heteroatoms. The van der Waals surface area contributed by atoms with Crippen LogP contribution in [0.1, 0.15) is 22.3 Å². The van der Waals surface area contributed by atoms with Crippen LogP contribution in [0.15, 0.2) is 48.5 Å². The van der Waals surface area contributed by atoms with E-state index in [9.17, 15) is 9.90 Å². The van der Waals surface area contributed by atoms with Crippen LogP contribution in [0.3, 0.4) is 0 Å². The van der Waals surface area contributed by atoms with Gasteiger partial charge in [0.05, 0.1) is 13.2 Å². The Morgan fingerprint density at radius 3 is 2.83 bits per heavy atom. The molecule has 1 amide bonds. The van der Waals surface area contributed by atoms with Crippen LogP contribution in [0.2, 0.25) is 0 Å². The molecule has 0 spiro atoms. The van der Waals surface area contributed by atoms with Crippen molar-refractivity contribution in [1.29, 1.82) is 0 Å². The lowest BCUT2D eigenvalue weighted by molar-refractivity contribution is -0.00160. The predicted molar refractivity (Wildman–Crippen MR) is 93.6 cm³/mol. The third-order valence-electron chi connectivity index (χ3n) is 4.33. The molecule has 0 fully saturated rings. The average Bonchev–Trinajstić information content (AvgIpc) is 2.60. The second kappa shape index (κ2) is 6.53. The van der Waals surface area contributed by atoms with Gasteiger partial charge >= 0.3 is 0 Å². The number of carbonyl (C=O) groups is 1. The number of carbonyl (C=O) groups excluding carboxylic acids is 1. The predicted octanol–water partition coefficient (Wildman–Crippen LogP) is 2.15. The molecule has 24 heavy (non-hydrogen) atoms. The maximum absolute atomic E-state index is 12.4. The monoisotopic (exact) mass is 326 g/mol. The van der Waals surface area contributed by atoms with Crippen molar-refractivity contribution < 1.29 is 14.6 Å². The first-order chi connectivity index (χ1) is 11.5. The molecule has 1 unspecified atom stereocenters. The van der Waals surface area contributed by atoms with Gasteiger partial charge in [-0.2, -0.15) is 0 Å². The SMILES string of the molecule is CN(C)c1cccc(C(=O)NCC2(O)CCOc3ccccc32)c1. The highest BCUT2D eigenvalue weighted by molar-refractivity contribution is 5.95. The number of benzene rings is 2. The summed E-state index contributed by atoms with van der Waals surface area (Å²) in [6.07, 6.45) is 0.446. The number of fused-ring (bicyclic) bond motifs is 1. The molecular weight excluding hydrogens is 304 g/mol. The van der Waals surface area contributed by atoms with Crippen LogP contribution in [0, 0.1) is 0 Å². The van der Waals surface area contributed by atoms with E-state index in [1.165, 1.54) is 0 Å². The van der Waals surface area contributed by atoms with E-state index in [0.717, 1.165) is 11.3 Å². The van der Waals surface area contributed by atoms with Crippen LogP contribution in [-0.4, -0.2) is 38.3 Å². The molecule has 2 N–H and O–H groups in total. The minimum Gasteiger partial charge on any atom is -0.493 e. The van der Waals surface area contributed by atoms with Gasteiger partial charge in [0.25, 0.3) is 5.91 Å². The molecule has 1 aliphatic heterocycles. The first kappa shape index (κ1) is 16.3. The van der Waals surface area contributed by atoms with Gasteiger partial charge in [-0.05, 0) is 24.3 Å². The van der Waals surface area contributed by atoms with Gasteiger partial charge in [0.2, 0.25) is 0 Å². The summed E-state index contributed by atoms with van der Waals surface area (Å²) < 4.78 is 5.57. The number of nitrogens with one attached hydrogen (secondary N) is 1. The normalized spacial score (nSPS) is 19.1. The first-order valence-electron chi connectivity index (χ1n) is 8.00. The van der Waals surface area contributed by atoms with Crippen molar-refractivity contribution in [2.75, 3.05) is 32.1 Å². The summed E-state index contributed by atoms with van der Waals surface area (Å²) in [5, 5.41) is 13.8. The van der Waals surface area contributed by atoms with Crippen LogP contribution in [0.5, 0.6) is 5.75 Å². The van der Waals surface area contributed by atoms with Gasteiger partial charge in [-0.15, -0.1) is 0 Å². The second-order valence-electron chi connectivity index (χ2n) is 6.25. The van der Waals surface area contributed by atoms with Gasteiger partial charge in [0.15, 0.2) is 0 Å². The molecule has 1 atom stereocenters. The Balaban J connectivity index is 1.74. The van der Waals surface area contributed by atoms with E-state index < -0.39 is 5.60 Å². The number of hydrogen-bond acceptors (Lipinski definition) is 4. The highest BCUT2D eigenvalue weighted by Crippen LogP contribution is 2.36. The maximum atomic E-state index is 12.4. The Morgan fingerprint density at radius 1 is 1.25 bits per heavy atom. The van der Waals surface area contributed by atoms with Crippen LogP contribution in [-0.2, 0) is 5.60 Å². The van der Waals surface area contributed by atoms with Crippen molar-refractivity contribution in [3.8, 4) is 5.75 Å². The largest absolute Gasteiger partial charge is 0.493 e. The first-order valence-corrected chi connectivity index (χ1v) is 8.00. The van der Waals surface area contributed by atoms with E-state index in [-0.39, 0.29) is 12.5 Å². The van der Waals surface area contributed by atoms with Crippen LogP contribution in [0.25, 0.3) is 0 Å². The summed E-state index contributed by atoms with van der Waals surface area (Å²) in [4.78, 5) is 14.4. The molecule has 0 aromatic heterocycles. The van der Waals surface area contributed by atoms with Crippen LogP contribution in [0.4, 0.5) is 5.69 Å². The number of nitrogens with zero attached hydrogens (tertiary/aromatic N) is 1. The van der Waals surface area contributed by atoms with Gasteiger partial charge in [0, 0.05) is 37.3 Å². The van der Waals surface area contributed by atoms with E-state index in [4.69, 9.17) is 4.74 Å². The Hall–Kier alpha value is -2.53. The average molecular weight is 326 g/mol. The molecule has 0 saturated heterocycles. The number of para-hydroxylation sites is 1. The van der Waals surface area contributed by atoms with E-state index in [1.54, 1.807) is 6.07 Å². The number of aliphatic hydroxyl groups is 1. The Kier molecular flexibility index (Phi) is 4.44. The minimum absolute atomic E-state index is 0.151. The molecule has 0 radical (unpaired) electrons. The van der Waals surface area contributed by atoms with Gasteiger partial charge in [-0.1, -0.05) is 24.3 Å². The zero-order valence-corrected chi connectivity index (χ0v) is 14.0. The number of rotatable bonds is 4. The molecule has 1 heterocycles. The zero-order valence-electron chi connectivity index (χ0n) is 14.0. The molecule has 2 aromatic carbocycles. The van der Waals surface area contributed by atoms with Gasteiger partial charge < -0.3 is 20.1 Å². The van der Waals surface area contributed by atoms with Crippen molar-refractivity contribution in [3.05, 3.63) is 59.7 Å². The lowest BCUT2D eigenvalue weighted by Crippen LogP contribution is -2.43. The summed E-state index contributed by atoms with van der Waals surface area (Å²) in [6.45, 7) is 0.581. The number of amides is 1. The van der Waals surface area contributed by atoms with Crippen molar-refractivity contribution in [3.63, 3.8) is 0 Å². The fourth-order valence-corrected chi connectivity index (χ4v) is 2.88. The van der Waals surface area contributed by atoms with Crippen molar-refractivity contribution in [2.24, 2.45) is 0 Å². The van der Waals surface area contributed by atoms with Crippen molar-refractivity contribution in [2.45, 2.75) is 12.0 Å². The summed E-state index contributed by atoms with van der Waals surface area (Å²) in [6, 6.07) is 14.8. The van der Waals surface area contributed by atoms with Crippen LogP contribution < -0.4 is 15.0 Å². The lowest BCUT2D eigenvalue weighted by Gasteiger charge is -2.34. The van der Waals surface area contributed by atoms with E-state index in [1.807, 2.05) is 61.5 Å². The quantitative estimate of drug-likeness (QED) is 0.904. The molecule has 1 aliphatic rings. The molecule has 5 nitrogen and oxygen atoms in total. The fourth-order valence-electron chi connectivity index (χ4n) is 2.88. The topological polar surface area (TPSA) is 61.8 Å². The molecule has 2 aromatic rings. The fraction of sp³-hybridized carbons (Fsp3) is 0.316. The summed E-state index contributed by atoms with van der Waals surface area (Å²) >= 11 is 0. The summed E-state index contributed by atoms with van der Waals surface area (Å²) in [7, 11) is 3.86. The number of anilines is 1. The maximum Gasteiger partial charge on any atom is 0.251 e. The molecule has 126 valence electrons. The van der Waals surface area contributed by atoms with Crippen LogP contribution >= 0.6 is 0 Å². The number of ether oxygens (including phenoxy) is 1. The number of hydrogen-bond donors (Lipinski definition) is 2. The summed E-state index contributed by atoms with van der Waals surface area (Å²) in [5.74, 6) is 0.478. The Morgan fingerprint density at radius 2 is 2.04 bits per heavy atom. The van der Waals surface area contributed by atoms with Gasteiger partial charge in [-0.3, -0.25) is 4.79 Å². The zero-order chi connectivity index (χ0) is 17.2. The van der Waals surface area contributed by atoms with E-state index >= 15 is 0 Å². The minimum atomic E-state index is -1.11. The molecule has 0 saturated carbocycles. The molecule has 0 aliphatic carbocycles. The molecule has 0 bridgehead atoms. The third kappa shape index (κ3) is 3.21. The molecular formula is C19H22N2O3. The standard InChI is InChI=1S/C19H22N2O3/c1-21(2)15-7-5-6-14(12-15)18(22)20-13-19(23)10-11-24-17-9-4-3-8-16(17)19/h3-9,12,23H,10-11,13H2,1-2H3,(H,20,22). The molecule has 3 rings (SSSR count). The second-order valence-corrected chi connectivity index (χ2v) is 6.25. The van der Waals surface area contributed by atoms with Gasteiger partial charge in [0.1, 0.15) is 11.4 Å². The third-order valence-corrected chi connectivity index (χ3v) is 4.33. The lowest BCUT2D eigenvalue weighted by atomic mass is 9.88. The van der Waals surface area contributed by atoms with Crippen molar-refractivity contribution in [1.82, 2.24) is 5.32 Å². The smallest absolute Gasteiger partial charge is 0.251 e. The van der Waals surface area contributed by atoms with Gasteiger partial charge in [-0.25, -0.2) is 0 Å².